The number of amides is 1. The molecular formula is C24H24N4O. The van der Waals surface area contributed by atoms with Gasteiger partial charge in [-0.25, -0.2) is 0 Å². The Morgan fingerprint density at radius 3 is 2.41 bits per heavy atom. The summed E-state index contributed by atoms with van der Waals surface area (Å²) in [5, 5.41) is 13.1. The fourth-order valence-electron chi connectivity index (χ4n) is 3.30. The van der Waals surface area contributed by atoms with Gasteiger partial charge in [-0.15, -0.1) is 0 Å². The Labute approximate surface area is 170 Å². The zero-order valence-corrected chi connectivity index (χ0v) is 16.6. The van der Waals surface area contributed by atoms with E-state index in [0.717, 1.165) is 34.4 Å². The summed E-state index contributed by atoms with van der Waals surface area (Å²) in [5.41, 5.74) is 4.59. The van der Waals surface area contributed by atoms with E-state index in [-0.39, 0.29) is 5.91 Å². The van der Waals surface area contributed by atoms with Crippen LogP contribution in [-0.4, -0.2) is 15.7 Å². The Morgan fingerprint density at radius 2 is 1.69 bits per heavy atom. The second kappa shape index (κ2) is 8.19. The van der Waals surface area contributed by atoms with Gasteiger partial charge in [-0.3, -0.25) is 9.48 Å². The van der Waals surface area contributed by atoms with Gasteiger partial charge in [-0.1, -0.05) is 30.3 Å². The van der Waals surface area contributed by atoms with Crippen molar-refractivity contribution < 1.29 is 4.79 Å². The molecule has 0 atom stereocenters. The Hall–Kier alpha value is -3.60. The van der Waals surface area contributed by atoms with Gasteiger partial charge in [0.25, 0.3) is 5.91 Å². The molecule has 0 aliphatic heterocycles. The Balaban J connectivity index is 1.39. The first-order chi connectivity index (χ1) is 14.1. The molecule has 146 valence electrons. The maximum Gasteiger partial charge on any atom is 0.255 e. The number of carbonyl (C=O) groups is 1. The van der Waals surface area contributed by atoms with Crippen molar-refractivity contribution in [1.82, 2.24) is 9.78 Å². The third kappa shape index (κ3) is 4.29. The number of hydrogen-bond donors (Lipinski definition) is 2. The number of nitrogens with one attached hydrogen (secondary N) is 2. The number of fused-ring (bicyclic) bond motifs is 1. The van der Waals surface area contributed by atoms with Gasteiger partial charge in [0, 0.05) is 41.8 Å². The summed E-state index contributed by atoms with van der Waals surface area (Å²) >= 11 is 0. The molecule has 0 bridgehead atoms. The minimum Gasteiger partial charge on any atom is -0.381 e. The van der Waals surface area contributed by atoms with Gasteiger partial charge in [0.05, 0.1) is 5.69 Å². The zero-order chi connectivity index (χ0) is 20.2. The highest BCUT2D eigenvalue weighted by Gasteiger charge is 2.08. The normalized spacial score (nSPS) is 10.8. The fraction of sp³-hybridized carbons (Fsp3) is 0.167. The van der Waals surface area contributed by atoms with Crippen LogP contribution in [0.3, 0.4) is 0 Å². The molecule has 0 fully saturated rings. The molecule has 1 aromatic heterocycles. The molecule has 0 spiro atoms. The third-order valence-corrected chi connectivity index (χ3v) is 5.01. The van der Waals surface area contributed by atoms with Gasteiger partial charge in [-0.05, 0) is 61.0 Å². The summed E-state index contributed by atoms with van der Waals surface area (Å²) < 4.78 is 1.94. The predicted molar refractivity (Wildman–Crippen MR) is 118 cm³/mol. The largest absolute Gasteiger partial charge is 0.381 e. The summed E-state index contributed by atoms with van der Waals surface area (Å²) in [6.45, 7) is 5.66. The lowest BCUT2D eigenvalue weighted by Crippen LogP contribution is -2.11. The monoisotopic (exact) mass is 384 g/mol. The Kier molecular flexibility index (Phi) is 5.29. The number of rotatable bonds is 6. The molecule has 0 saturated heterocycles. The van der Waals surface area contributed by atoms with E-state index in [1.165, 1.54) is 5.56 Å². The zero-order valence-electron chi connectivity index (χ0n) is 16.6. The maximum absolute atomic E-state index is 12.6. The minimum atomic E-state index is -0.119. The lowest BCUT2D eigenvalue weighted by molar-refractivity contribution is 0.102. The van der Waals surface area contributed by atoms with Crippen LogP contribution in [0, 0.1) is 6.92 Å². The van der Waals surface area contributed by atoms with Crippen LogP contribution in [-0.2, 0) is 13.1 Å². The van der Waals surface area contributed by atoms with E-state index in [1.807, 2.05) is 72.3 Å². The Bertz CT molecular complexity index is 1150. The molecule has 0 radical (unpaired) electrons. The molecule has 4 aromatic rings. The predicted octanol–water partition coefficient (Wildman–Crippen LogP) is 5.23. The molecule has 1 amide bonds. The molecule has 1 heterocycles. The fourth-order valence-corrected chi connectivity index (χ4v) is 3.30. The van der Waals surface area contributed by atoms with Crippen LogP contribution < -0.4 is 10.6 Å². The second-order valence-electron chi connectivity index (χ2n) is 7.04. The van der Waals surface area contributed by atoms with Crippen molar-refractivity contribution >= 4 is 28.1 Å². The number of carbonyl (C=O) groups excluding carboxylic acids is 1. The van der Waals surface area contributed by atoms with Crippen LogP contribution in [0.1, 0.15) is 28.5 Å². The first kappa shape index (κ1) is 18.7. The topological polar surface area (TPSA) is 59.0 Å². The molecule has 5 nitrogen and oxygen atoms in total. The average Bonchev–Trinajstić information content (AvgIpc) is 3.12. The van der Waals surface area contributed by atoms with Crippen molar-refractivity contribution in [3.63, 3.8) is 0 Å². The van der Waals surface area contributed by atoms with Crippen molar-refractivity contribution in [3.8, 4) is 0 Å². The van der Waals surface area contributed by atoms with Gasteiger partial charge in [0.1, 0.15) is 0 Å². The van der Waals surface area contributed by atoms with Crippen LogP contribution in [0.5, 0.6) is 0 Å². The number of benzene rings is 3. The van der Waals surface area contributed by atoms with Crippen molar-refractivity contribution in [1.29, 1.82) is 0 Å². The van der Waals surface area contributed by atoms with Crippen molar-refractivity contribution in [2.45, 2.75) is 26.9 Å². The molecule has 0 aliphatic rings. The third-order valence-electron chi connectivity index (χ3n) is 5.01. The van der Waals surface area contributed by atoms with Crippen LogP contribution >= 0.6 is 0 Å². The quantitative estimate of drug-likeness (QED) is 0.479. The van der Waals surface area contributed by atoms with Crippen molar-refractivity contribution in [2.75, 3.05) is 10.6 Å². The second-order valence-corrected chi connectivity index (χ2v) is 7.04. The van der Waals surface area contributed by atoms with E-state index in [9.17, 15) is 4.79 Å². The van der Waals surface area contributed by atoms with E-state index in [4.69, 9.17) is 0 Å². The highest BCUT2D eigenvalue weighted by atomic mass is 16.1. The summed E-state index contributed by atoms with van der Waals surface area (Å²) in [6.07, 6.45) is 2.06. The average molecular weight is 384 g/mol. The molecule has 0 aliphatic carbocycles. The summed E-state index contributed by atoms with van der Waals surface area (Å²) in [6, 6.07) is 21.5. The molecule has 5 heteroatoms. The Morgan fingerprint density at radius 1 is 0.966 bits per heavy atom. The first-order valence-electron chi connectivity index (χ1n) is 9.79. The number of nitrogens with zero attached hydrogens (tertiary/aromatic N) is 2. The molecular weight excluding hydrogens is 360 g/mol. The molecule has 0 unspecified atom stereocenters. The molecule has 2 N–H and O–H groups in total. The lowest BCUT2D eigenvalue weighted by Gasteiger charge is -2.09. The van der Waals surface area contributed by atoms with Crippen LogP contribution in [0.4, 0.5) is 11.4 Å². The summed E-state index contributed by atoms with van der Waals surface area (Å²) in [4.78, 5) is 12.6. The highest BCUT2D eigenvalue weighted by molar-refractivity contribution is 6.05. The molecule has 4 rings (SSSR count). The first-order valence-corrected chi connectivity index (χ1v) is 9.79. The lowest BCUT2D eigenvalue weighted by atomic mass is 10.1. The van der Waals surface area contributed by atoms with Gasteiger partial charge < -0.3 is 10.6 Å². The van der Waals surface area contributed by atoms with E-state index < -0.39 is 0 Å². The smallest absolute Gasteiger partial charge is 0.255 e. The summed E-state index contributed by atoms with van der Waals surface area (Å²) in [7, 11) is 0. The van der Waals surface area contributed by atoms with Crippen LogP contribution in [0.25, 0.3) is 10.8 Å². The van der Waals surface area contributed by atoms with Crippen molar-refractivity contribution in [3.05, 3.63) is 89.7 Å². The maximum atomic E-state index is 12.6. The number of aromatic nitrogens is 2. The molecule has 0 saturated carbocycles. The van der Waals surface area contributed by atoms with E-state index in [1.54, 1.807) is 0 Å². The van der Waals surface area contributed by atoms with Gasteiger partial charge in [-0.2, -0.15) is 5.10 Å². The molecule has 29 heavy (non-hydrogen) atoms. The number of anilines is 2. The minimum absolute atomic E-state index is 0.119. The van der Waals surface area contributed by atoms with Gasteiger partial charge >= 0.3 is 0 Å². The van der Waals surface area contributed by atoms with Crippen molar-refractivity contribution in [2.24, 2.45) is 0 Å². The highest BCUT2D eigenvalue weighted by Crippen LogP contribution is 2.20. The van der Waals surface area contributed by atoms with Gasteiger partial charge in [0.15, 0.2) is 0 Å². The number of hydrogen-bond acceptors (Lipinski definition) is 3. The van der Waals surface area contributed by atoms with E-state index in [0.29, 0.717) is 12.1 Å². The van der Waals surface area contributed by atoms with E-state index in [2.05, 4.69) is 34.9 Å². The standard InChI is InChI=1S/C24H24N4O/c1-3-28-16-21(17(2)27-28)15-25-22-11-9-19(10-12-22)24(29)26-23-13-8-18-6-4-5-7-20(18)14-23/h4-14,16,25H,3,15H2,1-2H3,(H,26,29). The molecule has 3 aromatic carbocycles. The SMILES string of the molecule is CCn1cc(CNc2ccc(C(=O)Nc3ccc4ccccc4c3)cc2)c(C)n1. The van der Waals surface area contributed by atoms with E-state index >= 15 is 0 Å². The van der Waals surface area contributed by atoms with Crippen LogP contribution in [0.15, 0.2) is 72.9 Å². The van der Waals surface area contributed by atoms with Gasteiger partial charge in [0.2, 0.25) is 0 Å². The number of aryl methyl sites for hydroxylation is 2. The summed E-state index contributed by atoms with van der Waals surface area (Å²) in [5.74, 6) is -0.119. The van der Waals surface area contributed by atoms with Crippen LogP contribution in [0.2, 0.25) is 0 Å².